The van der Waals surface area contributed by atoms with E-state index >= 15 is 0 Å². The van der Waals surface area contributed by atoms with Crippen molar-refractivity contribution in [1.82, 2.24) is 19.9 Å². The standard InChI is InChI=1S/C25H25Cl2N5O2.CH4/c1-25(2,28)24(33)29-21(15-34-14-16-6-4-3-5-7-16)23-31-30-22-20(12-19(27)13-32(22)23)17-8-10-18(26)11-9-17;/h3-13,21H,14-15,28H2,1-2H3,(H,29,33);1H4/t21-;/m1./s1. The number of nitrogens with one attached hydrogen (secondary N) is 1. The monoisotopic (exact) mass is 513 g/mol. The molecule has 1 amide bonds. The molecule has 0 aliphatic rings. The first-order valence-electron chi connectivity index (χ1n) is 10.7. The van der Waals surface area contributed by atoms with Crippen molar-refractivity contribution in [2.45, 2.75) is 39.5 Å². The maximum atomic E-state index is 12.7. The van der Waals surface area contributed by atoms with Gasteiger partial charge in [0, 0.05) is 16.8 Å². The Balaban J connectivity index is 0.00000342. The number of aromatic nitrogens is 3. The Bertz CT molecular complexity index is 1290. The van der Waals surface area contributed by atoms with E-state index in [2.05, 4.69) is 15.5 Å². The molecule has 184 valence electrons. The molecule has 4 aromatic rings. The highest BCUT2D eigenvalue weighted by Gasteiger charge is 2.28. The summed E-state index contributed by atoms with van der Waals surface area (Å²) in [5.41, 5.74) is 8.23. The van der Waals surface area contributed by atoms with Gasteiger partial charge in [0.15, 0.2) is 11.5 Å². The zero-order valence-corrected chi connectivity index (χ0v) is 20.3. The van der Waals surface area contributed by atoms with Crippen LogP contribution in [-0.4, -0.2) is 32.7 Å². The van der Waals surface area contributed by atoms with Crippen LogP contribution in [0.1, 0.15) is 38.7 Å². The quantitative estimate of drug-likeness (QED) is 0.326. The number of benzene rings is 2. The van der Waals surface area contributed by atoms with Gasteiger partial charge >= 0.3 is 0 Å². The van der Waals surface area contributed by atoms with Crippen molar-refractivity contribution < 1.29 is 9.53 Å². The molecule has 9 heteroatoms. The third-order valence-corrected chi connectivity index (χ3v) is 5.71. The number of carbonyl (C=O) groups excluding carboxylic acids is 1. The van der Waals surface area contributed by atoms with Gasteiger partial charge in [-0.2, -0.15) is 0 Å². The minimum absolute atomic E-state index is 0. The number of hydrogen-bond acceptors (Lipinski definition) is 5. The summed E-state index contributed by atoms with van der Waals surface area (Å²) in [4.78, 5) is 12.7. The molecule has 2 aromatic carbocycles. The van der Waals surface area contributed by atoms with E-state index in [-0.39, 0.29) is 19.9 Å². The summed E-state index contributed by atoms with van der Waals surface area (Å²) in [6.07, 6.45) is 1.72. The van der Waals surface area contributed by atoms with Crippen LogP contribution in [0.15, 0.2) is 66.9 Å². The predicted molar refractivity (Wildman–Crippen MR) is 140 cm³/mol. The van der Waals surface area contributed by atoms with E-state index in [1.54, 1.807) is 36.6 Å². The number of halogens is 2. The SMILES string of the molecule is C.CC(C)(N)C(=O)N[C@H](COCc1ccccc1)c1nnc2c(-c3ccc(Cl)cc3)cc(Cl)cn12. The van der Waals surface area contributed by atoms with Gasteiger partial charge in [0.05, 0.1) is 23.8 Å². The Kier molecular flexibility index (Phi) is 8.51. The molecule has 0 fully saturated rings. The highest BCUT2D eigenvalue weighted by Crippen LogP contribution is 2.29. The van der Waals surface area contributed by atoms with Crippen molar-refractivity contribution in [3.63, 3.8) is 0 Å². The van der Waals surface area contributed by atoms with E-state index in [0.717, 1.165) is 16.7 Å². The molecular formula is C26H29Cl2N5O2. The molecule has 0 aliphatic carbocycles. The third kappa shape index (κ3) is 6.38. The summed E-state index contributed by atoms with van der Waals surface area (Å²) in [6.45, 7) is 3.83. The van der Waals surface area contributed by atoms with Crippen LogP contribution in [0, 0.1) is 0 Å². The largest absolute Gasteiger partial charge is 0.374 e. The average molecular weight is 514 g/mol. The zero-order valence-electron chi connectivity index (χ0n) is 18.8. The van der Waals surface area contributed by atoms with Crippen molar-refractivity contribution in [2.75, 3.05) is 6.61 Å². The Labute approximate surface area is 215 Å². The van der Waals surface area contributed by atoms with Crippen molar-refractivity contribution in [1.29, 1.82) is 0 Å². The van der Waals surface area contributed by atoms with Crippen molar-refractivity contribution in [2.24, 2.45) is 5.73 Å². The van der Waals surface area contributed by atoms with E-state index < -0.39 is 11.6 Å². The van der Waals surface area contributed by atoms with Gasteiger partial charge in [0.25, 0.3) is 0 Å². The number of nitrogens with zero attached hydrogens (tertiary/aromatic N) is 3. The molecule has 0 radical (unpaired) electrons. The van der Waals surface area contributed by atoms with E-state index in [4.69, 9.17) is 33.7 Å². The Morgan fingerprint density at radius 1 is 1.09 bits per heavy atom. The normalized spacial score (nSPS) is 12.3. The number of nitrogens with two attached hydrogens (primary N) is 1. The molecule has 0 bridgehead atoms. The minimum Gasteiger partial charge on any atom is -0.374 e. The first kappa shape index (κ1) is 26.6. The fourth-order valence-corrected chi connectivity index (χ4v) is 3.78. The summed E-state index contributed by atoms with van der Waals surface area (Å²) in [5.74, 6) is 0.149. The van der Waals surface area contributed by atoms with Crippen LogP contribution in [0.4, 0.5) is 0 Å². The fourth-order valence-electron chi connectivity index (χ4n) is 3.45. The van der Waals surface area contributed by atoms with Gasteiger partial charge in [-0.1, -0.05) is 73.1 Å². The zero-order chi connectivity index (χ0) is 24.3. The summed E-state index contributed by atoms with van der Waals surface area (Å²) in [6, 6.07) is 18.4. The van der Waals surface area contributed by atoms with Crippen molar-refractivity contribution in [3.8, 4) is 11.1 Å². The summed E-state index contributed by atoms with van der Waals surface area (Å²) in [5, 5.41) is 12.9. The molecule has 0 saturated heterocycles. The number of ether oxygens (including phenoxy) is 1. The van der Waals surface area contributed by atoms with Gasteiger partial charge in [0.1, 0.15) is 6.04 Å². The molecule has 2 heterocycles. The Morgan fingerprint density at radius 3 is 2.43 bits per heavy atom. The maximum Gasteiger partial charge on any atom is 0.240 e. The van der Waals surface area contributed by atoms with Crippen LogP contribution in [-0.2, 0) is 16.1 Å². The lowest BCUT2D eigenvalue weighted by Crippen LogP contribution is -2.50. The van der Waals surface area contributed by atoms with E-state index in [9.17, 15) is 4.79 Å². The lowest BCUT2D eigenvalue weighted by atomic mass is 10.1. The van der Waals surface area contributed by atoms with Gasteiger partial charge in [-0.05, 0) is 43.2 Å². The third-order valence-electron chi connectivity index (χ3n) is 5.25. The molecule has 35 heavy (non-hydrogen) atoms. The van der Waals surface area contributed by atoms with Crippen LogP contribution < -0.4 is 11.1 Å². The Hall–Kier alpha value is -2.97. The van der Waals surface area contributed by atoms with E-state index in [0.29, 0.717) is 28.1 Å². The van der Waals surface area contributed by atoms with Crippen LogP contribution in [0.3, 0.4) is 0 Å². The Morgan fingerprint density at radius 2 is 1.77 bits per heavy atom. The lowest BCUT2D eigenvalue weighted by molar-refractivity contribution is -0.126. The molecule has 1 atom stereocenters. The highest BCUT2D eigenvalue weighted by molar-refractivity contribution is 6.31. The first-order valence-corrected chi connectivity index (χ1v) is 11.5. The lowest BCUT2D eigenvalue weighted by Gasteiger charge is -2.23. The van der Waals surface area contributed by atoms with E-state index in [1.807, 2.05) is 48.5 Å². The summed E-state index contributed by atoms with van der Waals surface area (Å²) < 4.78 is 7.71. The van der Waals surface area contributed by atoms with Crippen LogP contribution >= 0.6 is 23.2 Å². The van der Waals surface area contributed by atoms with Gasteiger partial charge in [-0.25, -0.2) is 0 Å². The number of amides is 1. The van der Waals surface area contributed by atoms with Gasteiger partial charge in [-0.15, -0.1) is 10.2 Å². The smallest absolute Gasteiger partial charge is 0.240 e. The second-order valence-corrected chi connectivity index (χ2v) is 9.45. The van der Waals surface area contributed by atoms with Crippen molar-refractivity contribution in [3.05, 3.63) is 88.3 Å². The van der Waals surface area contributed by atoms with Crippen LogP contribution in [0.25, 0.3) is 16.8 Å². The van der Waals surface area contributed by atoms with Crippen LogP contribution in [0.5, 0.6) is 0 Å². The molecule has 4 rings (SSSR count). The van der Waals surface area contributed by atoms with E-state index in [1.165, 1.54) is 0 Å². The molecular weight excluding hydrogens is 485 g/mol. The highest BCUT2D eigenvalue weighted by atomic mass is 35.5. The molecule has 0 spiro atoms. The predicted octanol–water partition coefficient (Wildman–Crippen LogP) is 5.45. The molecule has 7 nitrogen and oxygen atoms in total. The number of fused-ring (bicyclic) bond motifs is 1. The number of rotatable bonds is 8. The summed E-state index contributed by atoms with van der Waals surface area (Å²) in [7, 11) is 0. The number of carbonyl (C=O) groups is 1. The van der Waals surface area contributed by atoms with Gasteiger partial charge in [0.2, 0.25) is 5.91 Å². The number of pyridine rings is 1. The van der Waals surface area contributed by atoms with Crippen LogP contribution in [0.2, 0.25) is 10.0 Å². The average Bonchev–Trinajstić information content (AvgIpc) is 3.22. The first-order chi connectivity index (χ1) is 16.2. The fraction of sp³-hybridized carbons (Fsp3) is 0.269. The molecule has 0 saturated carbocycles. The van der Waals surface area contributed by atoms with Crippen molar-refractivity contribution >= 4 is 34.8 Å². The maximum absolute atomic E-state index is 12.7. The second kappa shape index (κ2) is 11.2. The minimum atomic E-state index is -1.08. The summed E-state index contributed by atoms with van der Waals surface area (Å²) >= 11 is 12.5. The molecule has 0 aliphatic heterocycles. The molecule has 0 unspecified atom stereocenters. The second-order valence-electron chi connectivity index (χ2n) is 8.58. The molecule has 3 N–H and O–H groups in total. The topological polar surface area (TPSA) is 94.5 Å². The van der Waals surface area contributed by atoms with Gasteiger partial charge in [-0.3, -0.25) is 9.20 Å². The van der Waals surface area contributed by atoms with Gasteiger partial charge < -0.3 is 15.8 Å². The molecule has 2 aromatic heterocycles. The number of hydrogen-bond donors (Lipinski definition) is 2.